The van der Waals surface area contributed by atoms with E-state index in [1.165, 1.54) is 11.1 Å². The molecule has 1 fully saturated rings. The fourth-order valence-electron chi connectivity index (χ4n) is 5.24. The number of likely N-dealkylation sites (N-methyl/N-ethyl adjacent to an activating group) is 1. The van der Waals surface area contributed by atoms with Gasteiger partial charge in [0.1, 0.15) is 12.2 Å². The van der Waals surface area contributed by atoms with Gasteiger partial charge in [-0.3, -0.25) is 8.42 Å². The molecule has 5 rings (SSSR count). The molecule has 1 saturated heterocycles. The first-order valence-electron chi connectivity index (χ1n) is 8.38. The smallest absolute Gasteiger partial charge is 0.759 e. The topological polar surface area (TPSA) is 133 Å². The molecule has 1 spiro atoms. The van der Waals surface area contributed by atoms with Crippen LogP contribution in [-0.2, 0) is 22.2 Å². The molecule has 2 bridgehead atoms. The number of benzene rings is 1. The maximum absolute atomic E-state index is 10.4. The van der Waals surface area contributed by atoms with Crippen molar-refractivity contribution in [2.24, 2.45) is 5.92 Å². The third-order valence-corrected chi connectivity index (χ3v) is 6.15. The van der Waals surface area contributed by atoms with E-state index in [4.69, 9.17) is 22.3 Å². The molecule has 5 atom stereocenters. The summed E-state index contributed by atoms with van der Waals surface area (Å²) in [4.78, 5) is 2.43. The summed E-state index contributed by atoms with van der Waals surface area (Å²) >= 11 is 0. The van der Waals surface area contributed by atoms with Crippen molar-refractivity contribution < 1.29 is 91.6 Å². The average molecular weight is 427 g/mol. The quantitative estimate of drug-likeness (QED) is 0.181. The Hall–Kier alpha value is 0.350. The van der Waals surface area contributed by atoms with Crippen molar-refractivity contribution in [2.45, 2.75) is 36.5 Å². The Balaban J connectivity index is 0.000000362. The van der Waals surface area contributed by atoms with E-state index in [0.29, 0.717) is 17.7 Å². The first-order chi connectivity index (χ1) is 12.1. The van der Waals surface area contributed by atoms with E-state index in [9.17, 15) is 10.2 Å². The molecular formula is C17H19NNa2O7S. The minimum absolute atomic E-state index is 0. The summed E-state index contributed by atoms with van der Waals surface area (Å²) in [5, 5.41) is 20.6. The Kier molecular flexibility index (Phi) is 7.45. The molecule has 0 unspecified atom stereocenters. The van der Waals surface area contributed by atoms with E-state index in [-0.39, 0.29) is 76.4 Å². The van der Waals surface area contributed by atoms with Gasteiger partial charge >= 0.3 is 59.1 Å². The fraction of sp³-hybridized carbons (Fsp3) is 0.529. The van der Waals surface area contributed by atoms with Crippen LogP contribution in [-0.4, -0.2) is 64.5 Å². The van der Waals surface area contributed by atoms with E-state index in [1.54, 1.807) is 6.07 Å². The van der Waals surface area contributed by atoms with Gasteiger partial charge in [-0.05, 0) is 38.1 Å². The van der Waals surface area contributed by atoms with Crippen molar-refractivity contribution >= 4 is 10.4 Å². The van der Waals surface area contributed by atoms with Gasteiger partial charge in [0.15, 0.2) is 11.5 Å². The van der Waals surface area contributed by atoms with Gasteiger partial charge in [-0.2, -0.15) is 0 Å². The SMILES string of the molecule is CN1CC[C@]23c4c5ccc(O)c4O[C@H]2[C@@H](O)C=C[C@H]3[C@H]1C5.O=S(=O)([O-])[O-].[Na+].[Na+]. The summed E-state index contributed by atoms with van der Waals surface area (Å²) in [6, 6.07) is 4.23. The minimum Gasteiger partial charge on any atom is -0.759 e. The fourth-order valence-corrected chi connectivity index (χ4v) is 5.24. The van der Waals surface area contributed by atoms with Crippen molar-refractivity contribution in [1.29, 1.82) is 0 Å². The predicted molar refractivity (Wildman–Crippen MR) is 88.1 cm³/mol. The Morgan fingerprint density at radius 3 is 2.54 bits per heavy atom. The van der Waals surface area contributed by atoms with E-state index >= 15 is 0 Å². The van der Waals surface area contributed by atoms with Gasteiger partial charge in [0.05, 0.1) is 0 Å². The second-order valence-corrected chi connectivity index (χ2v) is 8.15. The number of aromatic hydroxyl groups is 1. The van der Waals surface area contributed by atoms with Crippen LogP contribution in [0.4, 0.5) is 0 Å². The minimum atomic E-state index is -5.17. The molecule has 2 aliphatic heterocycles. The molecule has 0 saturated carbocycles. The molecule has 0 radical (unpaired) electrons. The number of hydrogen-bond acceptors (Lipinski definition) is 8. The van der Waals surface area contributed by atoms with E-state index in [2.05, 4.69) is 18.0 Å². The molecule has 28 heavy (non-hydrogen) atoms. The summed E-state index contributed by atoms with van der Waals surface area (Å²) in [7, 11) is -2.98. The largest absolute Gasteiger partial charge is 1.00 e. The summed E-state index contributed by atoms with van der Waals surface area (Å²) in [6.07, 6.45) is 5.18. The molecular weight excluding hydrogens is 408 g/mol. The number of phenolic OH excluding ortho intramolecular Hbond substituents is 1. The van der Waals surface area contributed by atoms with Crippen LogP contribution >= 0.6 is 0 Å². The first-order valence-corrected chi connectivity index (χ1v) is 9.71. The molecule has 4 aliphatic rings. The number of ether oxygens (including phenoxy) is 1. The van der Waals surface area contributed by atoms with Crippen LogP contribution in [0, 0.1) is 5.92 Å². The Bertz CT molecular complexity index is 886. The predicted octanol–water partition coefficient (Wildman–Crippen LogP) is -6.13. The molecule has 1 aromatic rings. The standard InChI is InChI=1S/C17H19NO3.2Na.H2O4S/c1-18-7-6-17-10-3-5-13(20)16(17)21-15-12(19)4-2-9(14(15)17)8-11(10)18;;;1-5(2,3)4/h2-5,10-11,13,16,19-20H,6-8H2,1H3;;;(H2,1,2,3,4)/q;2*+1;/p-2/t10-,11+,13-,16-,17-;;;/m0.../s1. The van der Waals surface area contributed by atoms with Gasteiger partial charge in [-0.25, -0.2) is 0 Å². The Morgan fingerprint density at radius 2 is 1.89 bits per heavy atom. The summed E-state index contributed by atoms with van der Waals surface area (Å²) < 4.78 is 40.2. The van der Waals surface area contributed by atoms with Gasteiger partial charge in [0.2, 0.25) is 0 Å². The van der Waals surface area contributed by atoms with Crippen molar-refractivity contribution in [3.8, 4) is 11.5 Å². The number of piperidine rings is 1. The van der Waals surface area contributed by atoms with E-state index < -0.39 is 16.5 Å². The number of rotatable bonds is 0. The molecule has 1 aromatic carbocycles. The molecule has 0 aromatic heterocycles. The third kappa shape index (κ3) is 3.85. The number of likely N-dealkylation sites (tertiary alicyclic amines) is 1. The second kappa shape index (κ2) is 8.47. The van der Waals surface area contributed by atoms with Gasteiger partial charge in [-0.1, -0.05) is 18.2 Å². The molecule has 8 nitrogen and oxygen atoms in total. The molecule has 2 aliphatic carbocycles. The zero-order valence-corrected chi connectivity index (χ0v) is 20.8. The summed E-state index contributed by atoms with van der Waals surface area (Å²) in [6.45, 7) is 1.01. The zero-order valence-electron chi connectivity index (χ0n) is 16.0. The van der Waals surface area contributed by atoms with Crippen molar-refractivity contribution in [3.63, 3.8) is 0 Å². The molecule has 0 amide bonds. The average Bonchev–Trinajstić information content (AvgIpc) is 2.89. The number of aliphatic hydroxyl groups excluding tert-OH is 1. The number of phenols is 1. The van der Waals surface area contributed by atoms with E-state index in [1.807, 2.05) is 12.1 Å². The molecule has 142 valence electrons. The summed E-state index contributed by atoms with van der Waals surface area (Å²) in [5.41, 5.74) is 2.29. The van der Waals surface area contributed by atoms with Crippen LogP contribution in [0.3, 0.4) is 0 Å². The van der Waals surface area contributed by atoms with Gasteiger partial charge in [-0.15, -0.1) is 0 Å². The van der Waals surface area contributed by atoms with Crippen LogP contribution in [0.2, 0.25) is 0 Å². The van der Waals surface area contributed by atoms with Crippen molar-refractivity contribution in [1.82, 2.24) is 4.90 Å². The maximum Gasteiger partial charge on any atom is 1.00 e. The zero-order chi connectivity index (χ0) is 18.9. The molecule has 2 heterocycles. The number of aliphatic hydroxyl groups is 1. The van der Waals surface area contributed by atoms with Crippen LogP contribution in [0.1, 0.15) is 17.5 Å². The Labute approximate surface area is 208 Å². The number of nitrogens with zero attached hydrogens (tertiary/aromatic N) is 1. The van der Waals surface area contributed by atoms with Gasteiger partial charge in [0.25, 0.3) is 0 Å². The van der Waals surface area contributed by atoms with Gasteiger partial charge < -0.3 is 29.0 Å². The molecule has 2 N–H and O–H groups in total. The maximum atomic E-state index is 10.4. The normalized spacial score (nSPS) is 34.0. The van der Waals surface area contributed by atoms with Crippen LogP contribution < -0.4 is 63.9 Å². The third-order valence-electron chi connectivity index (χ3n) is 6.15. The van der Waals surface area contributed by atoms with Crippen LogP contribution in [0.5, 0.6) is 11.5 Å². The van der Waals surface area contributed by atoms with Crippen molar-refractivity contribution in [2.75, 3.05) is 13.6 Å². The summed E-state index contributed by atoms with van der Waals surface area (Å²) in [5.74, 6) is 1.19. The first kappa shape index (κ1) is 24.6. The Morgan fingerprint density at radius 1 is 1.25 bits per heavy atom. The van der Waals surface area contributed by atoms with Crippen LogP contribution in [0.25, 0.3) is 0 Å². The van der Waals surface area contributed by atoms with Crippen LogP contribution in [0.15, 0.2) is 24.3 Å². The van der Waals surface area contributed by atoms with E-state index in [0.717, 1.165) is 19.4 Å². The second-order valence-electron chi connectivity index (χ2n) is 7.34. The van der Waals surface area contributed by atoms with Gasteiger partial charge in [0, 0.05) is 33.3 Å². The monoisotopic (exact) mass is 427 g/mol. The molecule has 11 heteroatoms. The number of hydrogen-bond donors (Lipinski definition) is 2. The van der Waals surface area contributed by atoms with Crippen molar-refractivity contribution in [3.05, 3.63) is 35.4 Å².